The molecule has 1 aromatic heterocycles. The number of amides is 1. The summed E-state index contributed by atoms with van der Waals surface area (Å²) in [5.41, 5.74) is 0.716. The first-order chi connectivity index (χ1) is 9.85. The lowest BCUT2D eigenvalue weighted by Gasteiger charge is -2.20. The Hall–Kier alpha value is -1.81. The van der Waals surface area contributed by atoms with Crippen LogP contribution in [0.5, 0.6) is 0 Å². The van der Waals surface area contributed by atoms with Crippen LogP contribution in [0.1, 0.15) is 45.9 Å². The number of furan rings is 1. The van der Waals surface area contributed by atoms with Crippen LogP contribution in [-0.4, -0.2) is 18.0 Å². The summed E-state index contributed by atoms with van der Waals surface area (Å²) < 4.78 is 5.80. The molecule has 4 heteroatoms. The van der Waals surface area contributed by atoms with Gasteiger partial charge in [-0.25, -0.2) is 0 Å². The van der Waals surface area contributed by atoms with Gasteiger partial charge in [0.05, 0.1) is 6.04 Å². The lowest BCUT2D eigenvalue weighted by molar-refractivity contribution is -0.122. The Morgan fingerprint density at radius 2 is 2.00 bits per heavy atom. The number of carbonyl (C=O) groups is 1. The Morgan fingerprint density at radius 1 is 1.29 bits per heavy atom. The minimum absolute atomic E-state index is 0.0619. The molecule has 1 unspecified atom stereocenters. The fourth-order valence-corrected chi connectivity index (χ4v) is 2.20. The Kier molecular flexibility index (Phi) is 4.68. The summed E-state index contributed by atoms with van der Waals surface area (Å²) >= 11 is 0. The molecule has 0 aliphatic heterocycles. The molecular formula is C17H24N2O2. The van der Waals surface area contributed by atoms with Crippen LogP contribution in [0.3, 0.4) is 0 Å². The topological polar surface area (TPSA) is 54.3 Å². The predicted molar refractivity (Wildman–Crippen MR) is 85.1 cm³/mol. The van der Waals surface area contributed by atoms with Crippen molar-refractivity contribution >= 4 is 16.9 Å². The molecule has 2 rings (SSSR count). The molecule has 1 aromatic carbocycles. The highest BCUT2D eigenvalue weighted by molar-refractivity contribution is 5.78. The van der Waals surface area contributed by atoms with Gasteiger partial charge in [-0.3, -0.25) is 4.79 Å². The number of fused-ring (bicyclic) bond motifs is 1. The zero-order valence-electron chi connectivity index (χ0n) is 13.2. The highest BCUT2D eigenvalue weighted by Crippen LogP contribution is 2.23. The van der Waals surface area contributed by atoms with E-state index < -0.39 is 0 Å². The third-order valence-corrected chi connectivity index (χ3v) is 3.19. The first kappa shape index (κ1) is 15.6. The molecule has 1 heterocycles. The molecule has 0 fully saturated rings. The molecule has 0 aliphatic rings. The molecule has 1 atom stereocenters. The molecule has 2 N–H and O–H groups in total. The van der Waals surface area contributed by atoms with Crippen molar-refractivity contribution in [3.05, 3.63) is 36.1 Å². The van der Waals surface area contributed by atoms with Crippen LogP contribution in [0.25, 0.3) is 11.0 Å². The molecule has 0 spiro atoms. The number of nitrogens with one attached hydrogen (secondary N) is 2. The molecule has 0 saturated heterocycles. The van der Waals surface area contributed by atoms with Crippen molar-refractivity contribution < 1.29 is 9.21 Å². The van der Waals surface area contributed by atoms with Crippen LogP contribution in [-0.2, 0) is 4.79 Å². The highest BCUT2D eigenvalue weighted by atomic mass is 16.3. The Bertz CT molecular complexity index is 578. The molecule has 0 radical (unpaired) electrons. The van der Waals surface area contributed by atoms with Gasteiger partial charge in [0.1, 0.15) is 11.3 Å². The molecular weight excluding hydrogens is 264 g/mol. The first-order valence-electron chi connectivity index (χ1n) is 7.38. The summed E-state index contributed by atoms with van der Waals surface area (Å²) in [5, 5.41) is 7.38. The van der Waals surface area contributed by atoms with Crippen molar-refractivity contribution in [3.8, 4) is 0 Å². The molecule has 0 saturated carbocycles. The quantitative estimate of drug-likeness (QED) is 0.886. The normalized spacial score (nSPS) is 13.3. The second-order valence-electron chi connectivity index (χ2n) is 6.41. The molecule has 21 heavy (non-hydrogen) atoms. The summed E-state index contributed by atoms with van der Waals surface area (Å²) in [6, 6.07) is 10.1. The molecule has 0 aliphatic carbocycles. The van der Waals surface area contributed by atoms with E-state index in [9.17, 15) is 4.79 Å². The minimum atomic E-state index is -0.179. The van der Waals surface area contributed by atoms with Gasteiger partial charge < -0.3 is 15.1 Å². The monoisotopic (exact) mass is 288 g/mol. The van der Waals surface area contributed by atoms with Crippen molar-refractivity contribution in [2.45, 2.75) is 45.7 Å². The van der Waals surface area contributed by atoms with Crippen LogP contribution < -0.4 is 10.6 Å². The van der Waals surface area contributed by atoms with Crippen LogP contribution in [0.2, 0.25) is 0 Å². The second kappa shape index (κ2) is 6.31. The van der Waals surface area contributed by atoms with E-state index in [2.05, 4.69) is 10.6 Å². The Morgan fingerprint density at radius 3 is 2.67 bits per heavy atom. The number of benzene rings is 1. The third kappa shape index (κ3) is 4.60. The van der Waals surface area contributed by atoms with Crippen molar-refractivity contribution in [2.75, 3.05) is 6.54 Å². The standard InChI is InChI=1S/C17H24N2O2/c1-12(18-10-9-16(20)19-17(2,3)4)15-11-13-7-5-6-8-14(13)21-15/h5-8,11-12,18H,9-10H2,1-4H3,(H,19,20). The summed E-state index contributed by atoms with van der Waals surface area (Å²) in [6.45, 7) is 8.61. The van der Waals surface area contributed by atoms with Gasteiger partial charge in [-0.05, 0) is 39.8 Å². The Balaban J connectivity index is 1.84. The van der Waals surface area contributed by atoms with Gasteiger partial charge in [0.15, 0.2) is 0 Å². The van der Waals surface area contributed by atoms with E-state index in [-0.39, 0.29) is 17.5 Å². The zero-order valence-corrected chi connectivity index (χ0v) is 13.2. The fraction of sp³-hybridized carbons (Fsp3) is 0.471. The van der Waals surface area contributed by atoms with Crippen LogP contribution in [0.4, 0.5) is 0 Å². The van der Waals surface area contributed by atoms with E-state index in [1.54, 1.807) is 0 Å². The van der Waals surface area contributed by atoms with Gasteiger partial charge in [-0.1, -0.05) is 18.2 Å². The van der Waals surface area contributed by atoms with E-state index in [0.717, 1.165) is 16.7 Å². The molecule has 114 valence electrons. The first-order valence-corrected chi connectivity index (χ1v) is 7.38. The number of para-hydroxylation sites is 1. The largest absolute Gasteiger partial charge is 0.459 e. The number of carbonyl (C=O) groups excluding carboxylic acids is 1. The molecule has 4 nitrogen and oxygen atoms in total. The summed E-state index contributed by atoms with van der Waals surface area (Å²) in [4.78, 5) is 11.7. The maximum absolute atomic E-state index is 11.7. The van der Waals surface area contributed by atoms with Crippen molar-refractivity contribution in [1.29, 1.82) is 0 Å². The van der Waals surface area contributed by atoms with Crippen LogP contribution in [0, 0.1) is 0 Å². The van der Waals surface area contributed by atoms with E-state index >= 15 is 0 Å². The summed E-state index contributed by atoms with van der Waals surface area (Å²) in [6.07, 6.45) is 0.460. The van der Waals surface area contributed by atoms with E-state index in [4.69, 9.17) is 4.42 Å². The number of rotatable bonds is 5. The number of hydrogen-bond acceptors (Lipinski definition) is 3. The van der Waals surface area contributed by atoms with Crippen LogP contribution in [0.15, 0.2) is 34.7 Å². The number of hydrogen-bond donors (Lipinski definition) is 2. The minimum Gasteiger partial charge on any atom is -0.459 e. The maximum atomic E-state index is 11.7. The SMILES string of the molecule is CC(NCCC(=O)NC(C)(C)C)c1cc2ccccc2o1. The molecule has 2 aromatic rings. The van der Waals surface area contributed by atoms with E-state index in [1.807, 2.05) is 58.0 Å². The van der Waals surface area contributed by atoms with Crippen molar-refractivity contribution in [2.24, 2.45) is 0 Å². The lowest BCUT2D eigenvalue weighted by Crippen LogP contribution is -2.41. The van der Waals surface area contributed by atoms with Gasteiger partial charge in [0.25, 0.3) is 0 Å². The zero-order chi connectivity index (χ0) is 15.5. The highest BCUT2D eigenvalue weighted by Gasteiger charge is 2.14. The van der Waals surface area contributed by atoms with Crippen molar-refractivity contribution in [1.82, 2.24) is 10.6 Å². The van der Waals surface area contributed by atoms with E-state index in [1.165, 1.54) is 0 Å². The molecule has 0 bridgehead atoms. The average Bonchev–Trinajstić information content (AvgIpc) is 2.80. The lowest BCUT2D eigenvalue weighted by atomic mass is 10.1. The third-order valence-electron chi connectivity index (χ3n) is 3.19. The van der Waals surface area contributed by atoms with Gasteiger partial charge in [0.2, 0.25) is 5.91 Å². The average molecular weight is 288 g/mol. The molecule has 1 amide bonds. The predicted octanol–water partition coefficient (Wildman–Crippen LogP) is 3.39. The second-order valence-corrected chi connectivity index (χ2v) is 6.41. The summed E-state index contributed by atoms with van der Waals surface area (Å²) in [5.74, 6) is 0.958. The summed E-state index contributed by atoms with van der Waals surface area (Å²) in [7, 11) is 0. The van der Waals surface area contributed by atoms with Crippen LogP contribution >= 0.6 is 0 Å². The smallest absolute Gasteiger partial charge is 0.221 e. The van der Waals surface area contributed by atoms with Gasteiger partial charge in [-0.15, -0.1) is 0 Å². The Labute approximate surface area is 125 Å². The van der Waals surface area contributed by atoms with E-state index in [0.29, 0.717) is 13.0 Å². The van der Waals surface area contributed by atoms with Gasteiger partial charge in [-0.2, -0.15) is 0 Å². The van der Waals surface area contributed by atoms with Gasteiger partial charge >= 0.3 is 0 Å². The van der Waals surface area contributed by atoms with Gasteiger partial charge in [0, 0.05) is 23.9 Å². The fourth-order valence-electron chi connectivity index (χ4n) is 2.20. The maximum Gasteiger partial charge on any atom is 0.221 e. The van der Waals surface area contributed by atoms with Crippen molar-refractivity contribution in [3.63, 3.8) is 0 Å².